The maximum Gasteiger partial charge on any atom is 0.407 e. The second-order valence-electron chi connectivity index (χ2n) is 10.3. The molecule has 196 valence electrons. The number of nitrogens with one attached hydrogen (secondary N) is 2. The molecule has 0 unspecified atom stereocenters. The van der Waals surface area contributed by atoms with Crippen LogP contribution >= 0.6 is 15.9 Å². The molecular formula is C24H35BrN2O8. The molecule has 11 heteroatoms. The third-order valence-electron chi connectivity index (χ3n) is 4.27. The maximum absolute atomic E-state index is 12.8. The summed E-state index contributed by atoms with van der Waals surface area (Å²) in [7, 11) is 0. The standard InChI is InChI=1S/C24H35BrN2O8/c1-23(2,3)13-34-22(33)27-17(21(32)35-24(4,5)6)12-14-7-9-18(28)16(11-14)26-20(31)15(25)8-10-19(29)30/h7,9,11,15,17,28H,8,10,12-13H2,1-6H3,(H,26,31)(H,27,33)(H,29,30)/t15-,17-/m0/s1. The molecule has 35 heavy (non-hydrogen) atoms. The van der Waals surface area contributed by atoms with E-state index in [-0.39, 0.29) is 42.7 Å². The van der Waals surface area contributed by atoms with Crippen molar-refractivity contribution in [3.63, 3.8) is 0 Å². The van der Waals surface area contributed by atoms with E-state index in [4.69, 9.17) is 14.6 Å². The fourth-order valence-electron chi connectivity index (χ4n) is 2.67. The van der Waals surface area contributed by atoms with Crippen molar-refractivity contribution in [2.45, 2.75) is 77.3 Å². The number of phenols is 1. The molecule has 0 aromatic heterocycles. The second kappa shape index (κ2) is 12.8. The number of halogens is 1. The summed E-state index contributed by atoms with van der Waals surface area (Å²) in [5.74, 6) is -2.45. The number of alkyl carbamates (subject to hydrolysis) is 1. The Hall–Kier alpha value is -2.82. The number of hydrogen-bond donors (Lipinski definition) is 4. The van der Waals surface area contributed by atoms with Gasteiger partial charge in [0.05, 0.1) is 17.1 Å². The van der Waals surface area contributed by atoms with Gasteiger partial charge in [-0.2, -0.15) is 0 Å². The quantitative estimate of drug-likeness (QED) is 0.191. The van der Waals surface area contributed by atoms with Crippen molar-refractivity contribution in [2.75, 3.05) is 11.9 Å². The molecule has 0 aliphatic heterocycles. The van der Waals surface area contributed by atoms with Gasteiger partial charge in [0, 0.05) is 12.8 Å². The first kappa shape index (κ1) is 30.2. The summed E-state index contributed by atoms with van der Waals surface area (Å²) >= 11 is 3.14. The average molecular weight is 559 g/mol. The lowest BCUT2D eigenvalue weighted by Gasteiger charge is -2.25. The first-order valence-corrected chi connectivity index (χ1v) is 12.0. The van der Waals surface area contributed by atoms with Crippen LogP contribution in [0.25, 0.3) is 0 Å². The Morgan fingerprint density at radius 1 is 1.09 bits per heavy atom. The maximum atomic E-state index is 12.8. The number of rotatable bonds is 10. The SMILES string of the molecule is CC(C)(C)COC(=O)N[C@@H](Cc1ccc(O)c(NC(=O)[C@@H](Br)CCC(=O)O)c1)C(=O)OC(C)(C)C. The van der Waals surface area contributed by atoms with Gasteiger partial charge in [-0.25, -0.2) is 9.59 Å². The molecule has 0 saturated carbocycles. The zero-order chi connectivity index (χ0) is 27.0. The average Bonchev–Trinajstić information content (AvgIpc) is 2.70. The molecule has 0 heterocycles. The van der Waals surface area contributed by atoms with E-state index in [1.54, 1.807) is 26.8 Å². The zero-order valence-electron chi connectivity index (χ0n) is 20.9. The third kappa shape index (κ3) is 12.4. The van der Waals surface area contributed by atoms with E-state index in [1.165, 1.54) is 12.1 Å². The highest BCUT2D eigenvalue weighted by atomic mass is 79.9. The van der Waals surface area contributed by atoms with Crippen molar-refractivity contribution in [3.8, 4) is 5.75 Å². The Morgan fingerprint density at radius 3 is 2.26 bits per heavy atom. The van der Waals surface area contributed by atoms with Crippen LogP contribution in [0.2, 0.25) is 0 Å². The Morgan fingerprint density at radius 2 is 1.71 bits per heavy atom. The minimum absolute atomic E-state index is 0.000559. The molecule has 1 rings (SSSR count). The number of alkyl halides is 1. The van der Waals surface area contributed by atoms with Crippen LogP contribution in [-0.2, 0) is 30.3 Å². The summed E-state index contributed by atoms with van der Waals surface area (Å²) in [6, 6.07) is 3.26. The van der Waals surface area contributed by atoms with Gasteiger partial charge >= 0.3 is 18.0 Å². The highest BCUT2D eigenvalue weighted by molar-refractivity contribution is 9.10. The van der Waals surface area contributed by atoms with Crippen molar-refractivity contribution < 1.29 is 38.9 Å². The second-order valence-corrected chi connectivity index (χ2v) is 11.4. The first-order chi connectivity index (χ1) is 16.0. The summed E-state index contributed by atoms with van der Waals surface area (Å²) < 4.78 is 10.6. The zero-order valence-corrected chi connectivity index (χ0v) is 22.5. The molecule has 0 bridgehead atoms. The van der Waals surface area contributed by atoms with Crippen LogP contribution in [0.3, 0.4) is 0 Å². The Bertz CT molecular complexity index is 921. The highest BCUT2D eigenvalue weighted by Gasteiger charge is 2.28. The number of hydrogen-bond acceptors (Lipinski definition) is 7. The van der Waals surface area contributed by atoms with Crippen LogP contribution in [0.4, 0.5) is 10.5 Å². The summed E-state index contributed by atoms with van der Waals surface area (Å²) in [6.45, 7) is 11.0. The van der Waals surface area contributed by atoms with Gasteiger partial charge in [-0.3, -0.25) is 9.59 Å². The first-order valence-electron chi connectivity index (χ1n) is 11.1. The van der Waals surface area contributed by atoms with E-state index in [0.717, 1.165) is 0 Å². The third-order valence-corrected chi connectivity index (χ3v) is 5.15. The lowest BCUT2D eigenvalue weighted by atomic mass is 9.99. The summed E-state index contributed by atoms with van der Waals surface area (Å²) in [5, 5.41) is 24.0. The number of aliphatic carboxylic acids is 1. The number of aromatic hydroxyl groups is 1. The predicted octanol–water partition coefficient (Wildman–Crippen LogP) is 3.98. The summed E-state index contributed by atoms with van der Waals surface area (Å²) in [4.78, 5) is 47.4. The topological polar surface area (TPSA) is 151 Å². The molecular weight excluding hydrogens is 524 g/mol. The minimum atomic E-state index is -1.09. The molecule has 0 fully saturated rings. The van der Waals surface area contributed by atoms with Gasteiger partial charge in [-0.15, -0.1) is 0 Å². The molecule has 0 radical (unpaired) electrons. The smallest absolute Gasteiger partial charge is 0.407 e. The van der Waals surface area contributed by atoms with Gasteiger partial charge in [-0.05, 0) is 50.3 Å². The van der Waals surface area contributed by atoms with Crippen molar-refractivity contribution in [1.82, 2.24) is 5.32 Å². The molecule has 1 aromatic rings. The van der Waals surface area contributed by atoms with Gasteiger partial charge < -0.3 is 30.3 Å². The van der Waals surface area contributed by atoms with Crippen molar-refractivity contribution >= 4 is 45.6 Å². The molecule has 4 N–H and O–H groups in total. The molecule has 1 aromatic carbocycles. The number of ether oxygens (including phenoxy) is 2. The van der Waals surface area contributed by atoms with E-state index in [0.29, 0.717) is 5.56 Å². The Kier molecular flexibility index (Phi) is 11.0. The van der Waals surface area contributed by atoms with Gasteiger partial charge in [-0.1, -0.05) is 42.8 Å². The van der Waals surface area contributed by atoms with Crippen LogP contribution in [0.5, 0.6) is 5.75 Å². The minimum Gasteiger partial charge on any atom is -0.506 e. The monoisotopic (exact) mass is 558 g/mol. The van der Waals surface area contributed by atoms with E-state index in [1.807, 2.05) is 20.8 Å². The van der Waals surface area contributed by atoms with Gasteiger partial charge in [0.15, 0.2) is 0 Å². The highest BCUT2D eigenvalue weighted by Crippen LogP contribution is 2.26. The van der Waals surface area contributed by atoms with E-state index >= 15 is 0 Å². The largest absolute Gasteiger partial charge is 0.506 e. The molecule has 0 saturated heterocycles. The lowest BCUT2D eigenvalue weighted by Crippen LogP contribution is -2.46. The number of phenolic OH excluding ortho intramolecular Hbond substituents is 1. The Labute approximate surface area is 213 Å². The molecule has 0 spiro atoms. The number of amides is 2. The van der Waals surface area contributed by atoms with E-state index in [2.05, 4.69) is 26.6 Å². The number of carboxylic acids is 1. The van der Waals surface area contributed by atoms with Crippen molar-refractivity contribution in [2.24, 2.45) is 5.41 Å². The number of carbonyl (C=O) groups is 4. The molecule has 0 aliphatic carbocycles. The van der Waals surface area contributed by atoms with Crippen molar-refractivity contribution in [1.29, 1.82) is 0 Å². The van der Waals surface area contributed by atoms with Crippen LogP contribution in [0, 0.1) is 5.41 Å². The number of carbonyl (C=O) groups excluding carboxylic acids is 3. The molecule has 2 amide bonds. The summed E-state index contributed by atoms with van der Waals surface area (Å²) in [5.41, 5.74) is -0.464. The van der Waals surface area contributed by atoms with Crippen LogP contribution < -0.4 is 10.6 Å². The lowest BCUT2D eigenvalue weighted by molar-refractivity contribution is -0.157. The molecule has 2 atom stereocenters. The molecule has 10 nitrogen and oxygen atoms in total. The van der Waals surface area contributed by atoms with E-state index in [9.17, 15) is 24.3 Å². The normalized spacial score (nSPS) is 13.3. The fraction of sp³-hybridized carbons (Fsp3) is 0.583. The Balaban J connectivity index is 3.03. The number of anilines is 1. The number of esters is 1. The van der Waals surface area contributed by atoms with Crippen molar-refractivity contribution in [3.05, 3.63) is 23.8 Å². The van der Waals surface area contributed by atoms with E-state index < -0.39 is 40.4 Å². The fourth-order valence-corrected chi connectivity index (χ4v) is 3.01. The van der Waals surface area contributed by atoms with Gasteiger partial charge in [0.1, 0.15) is 17.4 Å². The number of carboxylic acid groups (broad SMARTS) is 1. The predicted molar refractivity (Wildman–Crippen MR) is 134 cm³/mol. The van der Waals surface area contributed by atoms with Crippen LogP contribution in [-0.4, -0.2) is 57.2 Å². The molecule has 0 aliphatic rings. The van der Waals surface area contributed by atoms with Crippen LogP contribution in [0.1, 0.15) is 59.9 Å². The van der Waals surface area contributed by atoms with Crippen LogP contribution in [0.15, 0.2) is 18.2 Å². The van der Waals surface area contributed by atoms with Gasteiger partial charge in [0.2, 0.25) is 5.91 Å². The number of benzene rings is 1. The van der Waals surface area contributed by atoms with Gasteiger partial charge in [0.25, 0.3) is 0 Å². The summed E-state index contributed by atoms with van der Waals surface area (Å²) in [6.07, 6.45) is -0.921.